The molecule has 1 unspecified atom stereocenters. The van der Waals surface area contributed by atoms with Crippen molar-refractivity contribution >= 4 is 5.91 Å². The molecule has 0 aromatic carbocycles. The first-order valence-electron chi connectivity index (χ1n) is 5.56. The Morgan fingerprint density at radius 3 is 2.36 bits per heavy atom. The van der Waals surface area contributed by atoms with Gasteiger partial charge in [-0.1, -0.05) is 6.92 Å². The van der Waals surface area contributed by atoms with Crippen LogP contribution in [-0.4, -0.2) is 23.1 Å². The highest BCUT2D eigenvalue weighted by atomic mass is 16.7. The van der Waals surface area contributed by atoms with Gasteiger partial charge in [0.05, 0.1) is 12.1 Å². The van der Waals surface area contributed by atoms with Crippen LogP contribution >= 0.6 is 0 Å². The molecule has 0 saturated heterocycles. The molecule has 0 N–H and O–H groups in total. The van der Waals surface area contributed by atoms with Gasteiger partial charge in [-0.3, -0.25) is 9.63 Å². The Morgan fingerprint density at radius 2 is 2.00 bits per heavy atom. The van der Waals surface area contributed by atoms with E-state index in [2.05, 4.69) is 6.92 Å². The van der Waals surface area contributed by atoms with Crippen LogP contribution in [0.2, 0.25) is 0 Å². The van der Waals surface area contributed by atoms with E-state index in [1.165, 1.54) is 0 Å². The molecule has 0 aromatic heterocycles. The highest BCUT2D eigenvalue weighted by Gasteiger charge is 2.35. The second-order valence-corrected chi connectivity index (χ2v) is 4.36. The van der Waals surface area contributed by atoms with E-state index < -0.39 is 0 Å². The highest BCUT2D eigenvalue weighted by molar-refractivity contribution is 5.80. The average Bonchev–Trinajstić information content (AvgIpc) is 2.95. The van der Waals surface area contributed by atoms with Gasteiger partial charge in [0.15, 0.2) is 0 Å². The van der Waals surface area contributed by atoms with Crippen LogP contribution in [-0.2, 0) is 9.63 Å². The van der Waals surface area contributed by atoms with Gasteiger partial charge in [-0.25, -0.2) is 5.06 Å². The maximum absolute atomic E-state index is 11.8. The fraction of sp³-hybridized carbons (Fsp3) is 0.909. The Bertz CT molecular complexity index is 199. The second-order valence-electron chi connectivity index (χ2n) is 4.36. The van der Waals surface area contributed by atoms with Crippen molar-refractivity contribution in [2.24, 2.45) is 5.92 Å². The average molecular weight is 199 g/mol. The molecule has 82 valence electrons. The molecule has 1 aliphatic carbocycles. The van der Waals surface area contributed by atoms with Gasteiger partial charge in [0.2, 0.25) is 5.91 Å². The van der Waals surface area contributed by atoms with E-state index in [4.69, 9.17) is 4.84 Å². The molecular weight excluding hydrogens is 178 g/mol. The van der Waals surface area contributed by atoms with Gasteiger partial charge in [-0.05, 0) is 40.0 Å². The SMILES string of the molecule is CCC(C)ON(C(=O)C1CC1)C(C)C. The third-order valence-electron chi connectivity index (χ3n) is 2.48. The summed E-state index contributed by atoms with van der Waals surface area (Å²) >= 11 is 0. The van der Waals surface area contributed by atoms with Crippen LogP contribution in [0.5, 0.6) is 0 Å². The van der Waals surface area contributed by atoms with Gasteiger partial charge < -0.3 is 0 Å². The molecule has 1 amide bonds. The zero-order valence-electron chi connectivity index (χ0n) is 9.62. The standard InChI is InChI=1S/C11H21NO2/c1-5-9(4)14-12(8(2)3)11(13)10-6-7-10/h8-10H,5-7H2,1-4H3. The van der Waals surface area contributed by atoms with E-state index in [0.717, 1.165) is 19.3 Å². The first-order valence-corrected chi connectivity index (χ1v) is 5.56. The lowest BCUT2D eigenvalue weighted by molar-refractivity contribution is -0.216. The summed E-state index contributed by atoms with van der Waals surface area (Å²) < 4.78 is 0. The van der Waals surface area contributed by atoms with Crippen LogP contribution in [0.4, 0.5) is 0 Å². The number of hydrogen-bond donors (Lipinski definition) is 0. The molecular formula is C11H21NO2. The zero-order valence-corrected chi connectivity index (χ0v) is 9.62. The van der Waals surface area contributed by atoms with Crippen LogP contribution in [0.1, 0.15) is 47.0 Å². The highest BCUT2D eigenvalue weighted by Crippen LogP contribution is 2.32. The lowest BCUT2D eigenvalue weighted by Crippen LogP contribution is -2.40. The van der Waals surface area contributed by atoms with Gasteiger partial charge in [0.25, 0.3) is 0 Å². The molecule has 3 heteroatoms. The van der Waals surface area contributed by atoms with E-state index in [9.17, 15) is 4.79 Å². The largest absolute Gasteiger partial charge is 0.272 e. The summed E-state index contributed by atoms with van der Waals surface area (Å²) in [7, 11) is 0. The van der Waals surface area contributed by atoms with E-state index in [-0.39, 0.29) is 24.0 Å². The molecule has 0 bridgehead atoms. The molecule has 1 rings (SSSR count). The number of nitrogens with zero attached hydrogens (tertiary/aromatic N) is 1. The summed E-state index contributed by atoms with van der Waals surface area (Å²) in [5, 5.41) is 1.56. The Balaban J connectivity index is 2.49. The van der Waals surface area contributed by atoms with Crippen molar-refractivity contribution in [3.05, 3.63) is 0 Å². The van der Waals surface area contributed by atoms with Gasteiger partial charge >= 0.3 is 0 Å². The van der Waals surface area contributed by atoms with E-state index in [1.54, 1.807) is 5.06 Å². The van der Waals surface area contributed by atoms with E-state index in [0.29, 0.717) is 0 Å². The van der Waals surface area contributed by atoms with Gasteiger partial charge in [-0.15, -0.1) is 0 Å². The number of hydrogen-bond acceptors (Lipinski definition) is 2. The van der Waals surface area contributed by atoms with Gasteiger partial charge in [0, 0.05) is 5.92 Å². The zero-order chi connectivity index (χ0) is 10.7. The number of hydroxylamine groups is 2. The Hall–Kier alpha value is -0.570. The predicted molar refractivity (Wildman–Crippen MR) is 55.5 cm³/mol. The summed E-state index contributed by atoms with van der Waals surface area (Å²) in [5.74, 6) is 0.404. The molecule has 1 fully saturated rings. The van der Waals surface area contributed by atoms with Crippen LogP contribution in [0.15, 0.2) is 0 Å². The Labute approximate surface area is 86.4 Å². The normalized spacial score (nSPS) is 18.4. The van der Waals surface area contributed by atoms with Crippen molar-refractivity contribution in [1.82, 2.24) is 5.06 Å². The fourth-order valence-electron chi connectivity index (χ4n) is 1.21. The summed E-state index contributed by atoms with van der Waals surface area (Å²) in [4.78, 5) is 17.4. The molecule has 0 aliphatic heterocycles. The van der Waals surface area contributed by atoms with Crippen molar-refractivity contribution < 1.29 is 9.63 Å². The van der Waals surface area contributed by atoms with E-state index >= 15 is 0 Å². The van der Waals surface area contributed by atoms with Crippen LogP contribution in [0.25, 0.3) is 0 Å². The minimum atomic E-state index is 0.125. The Kier molecular flexibility index (Phi) is 3.93. The first-order chi connectivity index (χ1) is 6.56. The molecule has 14 heavy (non-hydrogen) atoms. The van der Waals surface area contributed by atoms with Gasteiger partial charge in [-0.2, -0.15) is 0 Å². The molecule has 1 saturated carbocycles. The number of rotatable bonds is 5. The lowest BCUT2D eigenvalue weighted by atomic mass is 10.3. The van der Waals surface area contributed by atoms with Crippen LogP contribution < -0.4 is 0 Å². The van der Waals surface area contributed by atoms with Crippen molar-refractivity contribution in [3.63, 3.8) is 0 Å². The minimum absolute atomic E-state index is 0.125. The monoisotopic (exact) mass is 199 g/mol. The topological polar surface area (TPSA) is 29.5 Å². The molecule has 1 atom stereocenters. The summed E-state index contributed by atoms with van der Waals surface area (Å²) in [6, 6.07) is 0.136. The lowest BCUT2D eigenvalue weighted by Gasteiger charge is -2.28. The number of amides is 1. The summed E-state index contributed by atoms with van der Waals surface area (Å²) in [6.45, 7) is 8.03. The molecule has 0 spiro atoms. The first kappa shape index (κ1) is 11.5. The number of carbonyl (C=O) groups is 1. The van der Waals surface area contributed by atoms with Crippen LogP contribution in [0.3, 0.4) is 0 Å². The van der Waals surface area contributed by atoms with Crippen molar-refractivity contribution in [2.75, 3.05) is 0 Å². The van der Waals surface area contributed by atoms with Crippen molar-refractivity contribution in [3.8, 4) is 0 Å². The third kappa shape index (κ3) is 2.98. The van der Waals surface area contributed by atoms with E-state index in [1.807, 2.05) is 20.8 Å². The molecule has 0 aromatic rings. The Morgan fingerprint density at radius 1 is 1.43 bits per heavy atom. The maximum atomic E-state index is 11.8. The molecule has 3 nitrogen and oxygen atoms in total. The molecule has 1 aliphatic rings. The molecule has 0 heterocycles. The number of carbonyl (C=O) groups excluding carboxylic acids is 1. The summed E-state index contributed by atoms with van der Waals surface area (Å²) in [5.41, 5.74) is 0. The van der Waals surface area contributed by atoms with Gasteiger partial charge in [0.1, 0.15) is 0 Å². The van der Waals surface area contributed by atoms with Crippen molar-refractivity contribution in [2.45, 2.75) is 59.1 Å². The molecule has 0 radical (unpaired) electrons. The van der Waals surface area contributed by atoms with Crippen LogP contribution in [0, 0.1) is 5.92 Å². The fourth-order valence-corrected chi connectivity index (χ4v) is 1.21. The summed E-state index contributed by atoms with van der Waals surface area (Å²) in [6.07, 6.45) is 3.12. The quantitative estimate of drug-likeness (QED) is 0.636. The predicted octanol–water partition coefficient (Wildman–Crippen LogP) is 2.36. The second kappa shape index (κ2) is 4.78. The maximum Gasteiger partial charge on any atom is 0.249 e. The smallest absolute Gasteiger partial charge is 0.249 e. The third-order valence-corrected chi connectivity index (χ3v) is 2.48. The van der Waals surface area contributed by atoms with Crippen molar-refractivity contribution in [1.29, 1.82) is 0 Å². The minimum Gasteiger partial charge on any atom is -0.272 e.